The number of amides is 1. The van der Waals surface area contributed by atoms with Crippen LogP contribution < -0.4 is 9.50 Å². The molecule has 6 heteroatoms. The molecule has 3 rings (SSSR count). The van der Waals surface area contributed by atoms with Gasteiger partial charge in [-0.15, -0.1) is 0 Å². The highest BCUT2D eigenvalue weighted by molar-refractivity contribution is 7.87. The third kappa shape index (κ3) is 3.76. The molecule has 0 aliphatic heterocycles. The molecule has 5 nitrogen and oxygen atoms in total. The van der Waals surface area contributed by atoms with Crippen molar-refractivity contribution in [2.45, 2.75) is 37.5 Å². The van der Waals surface area contributed by atoms with Gasteiger partial charge in [0.1, 0.15) is 10.6 Å². The summed E-state index contributed by atoms with van der Waals surface area (Å²) in [5.74, 6) is 0.0205. The summed E-state index contributed by atoms with van der Waals surface area (Å²) in [5, 5.41) is 2.62. The maximum absolute atomic E-state index is 12.5. The van der Waals surface area contributed by atoms with Crippen molar-refractivity contribution < 1.29 is 17.4 Å². The normalized spacial score (nSPS) is 13.9. The van der Waals surface area contributed by atoms with Crippen molar-refractivity contribution in [3.63, 3.8) is 0 Å². The van der Waals surface area contributed by atoms with Gasteiger partial charge in [-0.25, -0.2) is 0 Å². The summed E-state index contributed by atoms with van der Waals surface area (Å²) in [6.45, 7) is 1.41. The molecule has 2 aromatic carbocycles. The van der Waals surface area contributed by atoms with Crippen molar-refractivity contribution in [1.82, 2.24) is 0 Å². The zero-order valence-corrected chi connectivity index (χ0v) is 14.2. The molecular formula is C18H19NO4S. The second kappa shape index (κ2) is 6.65. The first-order valence-corrected chi connectivity index (χ1v) is 9.29. The summed E-state index contributed by atoms with van der Waals surface area (Å²) in [7, 11) is -3.87. The maximum Gasteiger partial charge on any atom is 0.339 e. The smallest absolute Gasteiger partial charge is 0.339 e. The minimum absolute atomic E-state index is 0.175. The minimum Gasteiger partial charge on any atom is -0.379 e. The van der Waals surface area contributed by atoms with E-state index in [1.54, 1.807) is 24.3 Å². The number of nitrogens with one attached hydrogen (secondary N) is 1. The van der Waals surface area contributed by atoms with Crippen molar-refractivity contribution >= 4 is 21.7 Å². The monoisotopic (exact) mass is 345 g/mol. The van der Waals surface area contributed by atoms with Gasteiger partial charge in [0.2, 0.25) is 5.91 Å². The fourth-order valence-electron chi connectivity index (χ4n) is 2.84. The van der Waals surface area contributed by atoms with E-state index in [1.165, 1.54) is 24.6 Å². The third-order valence-corrected chi connectivity index (χ3v) is 5.23. The van der Waals surface area contributed by atoms with Gasteiger partial charge in [0, 0.05) is 12.6 Å². The fraction of sp³-hybridized carbons (Fsp3) is 0.278. The Hall–Kier alpha value is -2.34. The van der Waals surface area contributed by atoms with E-state index in [0.717, 1.165) is 31.2 Å². The summed E-state index contributed by atoms with van der Waals surface area (Å²) < 4.78 is 30.1. The summed E-state index contributed by atoms with van der Waals surface area (Å²) in [5.41, 5.74) is 2.90. The number of hydrogen-bond acceptors (Lipinski definition) is 4. The molecule has 0 fully saturated rings. The molecule has 1 aliphatic carbocycles. The van der Waals surface area contributed by atoms with E-state index in [0.29, 0.717) is 5.69 Å². The van der Waals surface area contributed by atoms with Crippen LogP contribution in [0.2, 0.25) is 0 Å². The molecule has 0 radical (unpaired) electrons. The predicted molar refractivity (Wildman–Crippen MR) is 91.6 cm³/mol. The molecule has 0 atom stereocenters. The first-order valence-electron chi connectivity index (χ1n) is 7.88. The van der Waals surface area contributed by atoms with E-state index in [2.05, 4.69) is 5.32 Å². The number of rotatable bonds is 4. The SMILES string of the molecule is CC(=O)Nc1ccc(OS(=O)(=O)c2ccc3c(c2)CCCC3)cc1. The first kappa shape index (κ1) is 16.5. The average molecular weight is 345 g/mol. The Bertz CT molecular complexity index is 857. The molecule has 0 heterocycles. The molecule has 0 spiro atoms. The van der Waals surface area contributed by atoms with Gasteiger partial charge in [-0.3, -0.25) is 4.79 Å². The highest BCUT2D eigenvalue weighted by atomic mass is 32.2. The average Bonchev–Trinajstić information content (AvgIpc) is 2.55. The molecule has 0 saturated carbocycles. The minimum atomic E-state index is -3.87. The van der Waals surface area contributed by atoms with E-state index in [4.69, 9.17) is 4.18 Å². The van der Waals surface area contributed by atoms with Crippen LogP contribution in [0, 0.1) is 0 Å². The number of carbonyl (C=O) groups excluding carboxylic acids is 1. The number of hydrogen-bond donors (Lipinski definition) is 1. The summed E-state index contributed by atoms with van der Waals surface area (Å²) >= 11 is 0. The largest absolute Gasteiger partial charge is 0.379 e. The second-order valence-electron chi connectivity index (χ2n) is 5.88. The lowest BCUT2D eigenvalue weighted by molar-refractivity contribution is -0.114. The van der Waals surface area contributed by atoms with Crippen LogP contribution in [0.3, 0.4) is 0 Å². The van der Waals surface area contributed by atoms with E-state index in [-0.39, 0.29) is 16.6 Å². The van der Waals surface area contributed by atoms with E-state index in [1.807, 2.05) is 6.07 Å². The van der Waals surface area contributed by atoms with E-state index < -0.39 is 10.1 Å². The summed E-state index contributed by atoms with van der Waals surface area (Å²) in [4.78, 5) is 11.2. The zero-order chi connectivity index (χ0) is 17.2. The van der Waals surface area contributed by atoms with Crippen LogP contribution in [0.4, 0.5) is 5.69 Å². The van der Waals surface area contributed by atoms with Crippen LogP contribution in [-0.4, -0.2) is 14.3 Å². The number of carbonyl (C=O) groups is 1. The molecule has 1 amide bonds. The van der Waals surface area contributed by atoms with Crippen molar-refractivity contribution in [2.75, 3.05) is 5.32 Å². The second-order valence-corrected chi connectivity index (χ2v) is 7.43. The van der Waals surface area contributed by atoms with Crippen molar-refractivity contribution in [1.29, 1.82) is 0 Å². The molecule has 24 heavy (non-hydrogen) atoms. The van der Waals surface area contributed by atoms with Crippen LogP contribution in [0.5, 0.6) is 5.75 Å². The highest BCUT2D eigenvalue weighted by Gasteiger charge is 2.19. The molecular weight excluding hydrogens is 326 g/mol. The van der Waals surface area contributed by atoms with Gasteiger partial charge in [-0.05, 0) is 73.2 Å². The Morgan fingerprint density at radius 2 is 1.67 bits per heavy atom. The zero-order valence-electron chi connectivity index (χ0n) is 13.4. The topological polar surface area (TPSA) is 72.5 Å². The Morgan fingerprint density at radius 3 is 2.33 bits per heavy atom. The summed E-state index contributed by atoms with van der Waals surface area (Å²) in [6.07, 6.45) is 4.14. The first-order chi connectivity index (χ1) is 11.4. The molecule has 1 N–H and O–H groups in total. The number of benzene rings is 2. The number of aryl methyl sites for hydroxylation is 2. The van der Waals surface area contributed by atoms with Gasteiger partial charge >= 0.3 is 10.1 Å². The molecule has 2 aromatic rings. The van der Waals surface area contributed by atoms with Crippen LogP contribution in [0.15, 0.2) is 47.4 Å². The quantitative estimate of drug-likeness (QED) is 0.863. The highest BCUT2D eigenvalue weighted by Crippen LogP contribution is 2.26. The van der Waals surface area contributed by atoms with Crippen LogP contribution >= 0.6 is 0 Å². The number of fused-ring (bicyclic) bond motifs is 1. The fourth-order valence-corrected chi connectivity index (χ4v) is 3.82. The van der Waals surface area contributed by atoms with Crippen molar-refractivity contribution in [3.05, 3.63) is 53.6 Å². The third-order valence-electron chi connectivity index (χ3n) is 3.99. The molecule has 0 aromatic heterocycles. The Kier molecular flexibility index (Phi) is 4.57. The van der Waals surface area contributed by atoms with Crippen LogP contribution in [-0.2, 0) is 27.8 Å². The van der Waals surface area contributed by atoms with Crippen LogP contribution in [0.25, 0.3) is 0 Å². The standard InChI is InChI=1S/C18H19NO4S/c1-13(20)19-16-7-9-17(10-8-16)23-24(21,22)18-11-6-14-4-2-3-5-15(14)12-18/h6-12H,2-5H2,1H3,(H,19,20). The van der Waals surface area contributed by atoms with Crippen molar-refractivity contribution in [3.8, 4) is 5.75 Å². The molecule has 0 bridgehead atoms. The van der Waals surface area contributed by atoms with E-state index in [9.17, 15) is 13.2 Å². The molecule has 126 valence electrons. The van der Waals surface area contributed by atoms with Crippen LogP contribution in [0.1, 0.15) is 30.9 Å². The lowest BCUT2D eigenvalue weighted by atomic mass is 9.92. The van der Waals surface area contributed by atoms with Gasteiger partial charge in [0.25, 0.3) is 0 Å². The maximum atomic E-state index is 12.5. The van der Waals surface area contributed by atoms with Crippen molar-refractivity contribution in [2.24, 2.45) is 0 Å². The summed E-state index contributed by atoms with van der Waals surface area (Å²) in [6, 6.07) is 11.4. The van der Waals surface area contributed by atoms with Gasteiger partial charge < -0.3 is 9.50 Å². The van der Waals surface area contributed by atoms with Gasteiger partial charge in [-0.1, -0.05) is 6.07 Å². The Labute approximate surface area is 141 Å². The van der Waals surface area contributed by atoms with Gasteiger partial charge in [-0.2, -0.15) is 8.42 Å². The van der Waals surface area contributed by atoms with Gasteiger partial charge in [0.15, 0.2) is 0 Å². The Balaban J connectivity index is 1.79. The predicted octanol–water partition coefficient (Wildman–Crippen LogP) is 3.29. The molecule has 0 saturated heterocycles. The molecule has 1 aliphatic rings. The van der Waals surface area contributed by atoms with Gasteiger partial charge in [0.05, 0.1) is 0 Å². The lowest BCUT2D eigenvalue weighted by Gasteiger charge is -2.16. The lowest BCUT2D eigenvalue weighted by Crippen LogP contribution is -2.12. The number of anilines is 1. The molecule has 0 unspecified atom stereocenters. The Morgan fingerprint density at radius 1 is 1.00 bits per heavy atom. The van der Waals surface area contributed by atoms with E-state index >= 15 is 0 Å².